The van der Waals surface area contributed by atoms with Gasteiger partial charge in [0.05, 0.1) is 17.8 Å². The molecule has 0 amide bonds. The molecule has 4 nitrogen and oxygen atoms in total. The number of carbonyl (C=O) groups excluding carboxylic acids is 1. The van der Waals surface area contributed by atoms with Crippen molar-refractivity contribution in [2.75, 3.05) is 0 Å². The van der Waals surface area contributed by atoms with Crippen molar-refractivity contribution in [1.29, 1.82) is 0 Å². The van der Waals surface area contributed by atoms with Crippen molar-refractivity contribution in [3.05, 3.63) is 36.2 Å². The van der Waals surface area contributed by atoms with Crippen LogP contribution in [0.5, 0.6) is 0 Å². The van der Waals surface area contributed by atoms with Gasteiger partial charge >= 0.3 is 0 Å². The van der Waals surface area contributed by atoms with E-state index in [4.69, 9.17) is 0 Å². The van der Waals surface area contributed by atoms with Gasteiger partial charge in [0.25, 0.3) is 0 Å². The number of hydrogen-bond acceptors (Lipinski definition) is 3. The van der Waals surface area contributed by atoms with Gasteiger partial charge in [-0.2, -0.15) is 15.4 Å². The summed E-state index contributed by atoms with van der Waals surface area (Å²) in [4.78, 5) is 11.3. The minimum Gasteiger partial charge on any atom is -0.294 e. The summed E-state index contributed by atoms with van der Waals surface area (Å²) < 4.78 is 0. The van der Waals surface area contributed by atoms with Crippen LogP contribution in [0.3, 0.4) is 0 Å². The highest BCUT2D eigenvalue weighted by molar-refractivity contribution is 5.97. The summed E-state index contributed by atoms with van der Waals surface area (Å²) in [6.07, 6.45) is 8.46. The highest BCUT2D eigenvalue weighted by Gasteiger charge is 2.18. The lowest BCUT2D eigenvalue weighted by Crippen LogP contribution is -2.09. The number of ketones is 1. The molecule has 0 spiro atoms. The standard InChI is InChI=1S/C8H7N3O/c12-8-4-2-1-3-6(8)7-5-9-11-10-7/h1-6H,(H,9,10,11). The molecule has 4 heteroatoms. The largest absolute Gasteiger partial charge is 0.294 e. The van der Waals surface area contributed by atoms with Crippen LogP contribution in [0.4, 0.5) is 0 Å². The molecule has 60 valence electrons. The number of allylic oxidation sites excluding steroid dienone is 4. The predicted octanol–water partition coefficient (Wildman–Crippen LogP) is 0.583. The van der Waals surface area contributed by atoms with E-state index in [2.05, 4.69) is 15.4 Å². The summed E-state index contributed by atoms with van der Waals surface area (Å²) >= 11 is 0. The Morgan fingerprint density at radius 1 is 1.42 bits per heavy atom. The number of aromatic nitrogens is 3. The van der Waals surface area contributed by atoms with Crippen molar-refractivity contribution in [3.8, 4) is 0 Å². The van der Waals surface area contributed by atoms with Crippen LogP contribution in [0.1, 0.15) is 11.6 Å². The van der Waals surface area contributed by atoms with Crippen LogP contribution in [-0.2, 0) is 4.79 Å². The maximum Gasteiger partial charge on any atom is 0.168 e. The van der Waals surface area contributed by atoms with Gasteiger partial charge in [0.15, 0.2) is 5.78 Å². The van der Waals surface area contributed by atoms with Gasteiger partial charge in [-0.25, -0.2) is 0 Å². The summed E-state index contributed by atoms with van der Waals surface area (Å²) in [5, 5.41) is 9.97. The fraction of sp³-hybridized carbons (Fsp3) is 0.125. The van der Waals surface area contributed by atoms with Gasteiger partial charge in [-0.1, -0.05) is 18.2 Å². The first kappa shape index (κ1) is 6.97. The van der Waals surface area contributed by atoms with Gasteiger partial charge < -0.3 is 0 Å². The molecule has 1 aliphatic rings. The van der Waals surface area contributed by atoms with Crippen LogP contribution in [0, 0.1) is 0 Å². The number of aromatic amines is 1. The van der Waals surface area contributed by atoms with Gasteiger partial charge in [-0.15, -0.1) is 0 Å². The molecular formula is C8H7N3O. The molecule has 0 fully saturated rings. The molecule has 1 heterocycles. The van der Waals surface area contributed by atoms with E-state index in [1.165, 1.54) is 0 Å². The lowest BCUT2D eigenvalue weighted by Gasteiger charge is -2.06. The van der Waals surface area contributed by atoms with E-state index < -0.39 is 0 Å². The summed E-state index contributed by atoms with van der Waals surface area (Å²) in [5.74, 6) is -0.208. The van der Waals surface area contributed by atoms with Gasteiger partial charge in [0.2, 0.25) is 0 Å². The summed E-state index contributed by atoms with van der Waals surface area (Å²) in [6, 6.07) is 0. The number of rotatable bonds is 1. The highest BCUT2D eigenvalue weighted by Crippen LogP contribution is 2.18. The Hall–Kier alpha value is -1.71. The number of nitrogens with zero attached hydrogens (tertiary/aromatic N) is 2. The van der Waals surface area contributed by atoms with E-state index in [1.807, 2.05) is 6.08 Å². The molecule has 1 unspecified atom stereocenters. The predicted molar refractivity (Wildman–Crippen MR) is 42.4 cm³/mol. The van der Waals surface area contributed by atoms with Crippen LogP contribution in [0.15, 0.2) is 30.5 Å². The van der Waals surface area contributed by atoms with Gasteiger partial charge in [-0.3, -0.25) is 4.79 Å². The average Bonchev–Trinajstić information content (AvgIpc) is 2.57. The zero-order valence-corrected chi connectivity index (χ0v) is 6.27. The van der Waals surface area contributed by atoms with E-state index in [1.54, 1.807) is 24.4 Å². The molecule has 0 bridgehead atoms. The van der Waals surface area contributed by atoms with Crippen molar-refractivity contribution >= 4 is 5.78 Å². The number of H-pyrrole nitrogens is 1. The highest BCUT2D eigenvalue weighted by atomic mass is 16.1. The fourth-order valence-corrected chi connectivity index (χ4v) is 1.13. The second-order valence-electron chi connectivity index (χ2n) is 2.52. The summed E-state index contributed by atoms with van der Waals surface area (Å²) in [7, 11) is 0. The molecule has 1 N–H and O–H groups in total. The van der Waals surface area contributed by atoms with Crippen molar-refractivity contribution < 1.29 is 4.79 Å². The van der Waals surface area contributed by atoms with Crippen molar-refractivity contribution in [1.82, 2.24) is 15.4 Å². The third kappa shape index (κ3) is 1.07. The lowest BCUT2D eigenvalue weighted by molar-refractivity contribution is -0.115. The molecule has 1 aromatic heterocycles. The Morgan fingerprint density at radius 3 is 3.00 bits per heavy atom. The van der Waals surface area contributed by atoms with E-state index in [0.29, 0.717) is 5.69 Å². The second kappa shape index (κ2) is 2.73. The molecular weight excluding hydrogens is 154 g/mol. The quantitative estimate of drug-likeness (QED) is 0.655. The third-order valence-electron chi connectivity index (χ3n) is 1.73. The van der Waals surface area contributed by atoms with Crippen molar-refractivity contribution in [2.24, 2.45) is 0 Å². The Balaban J connectivity index is 2.31. The zero-order valence-electron chi connectivity index (χ0n) is 6.27. The number of hydrogen-bond donors (Lipinski definition) is 1. The summed E-state index contributed by atoms with van der Waals surface area (Å²) in [6.45, 7) is 0. The van der Waals surface area contributed by atoms with E-state index in [-0.39, 0.29) is 11.7 Å². The topological polar surface area (TPSA) is 58.6 Å². The fourth-order valence-electron chi connectivity index (χ4n) is 1.13. The van der Waals surface area contributed by atoms with E-state index >= 15 is 0 Å². The molecule has 1 aromatic rings. The maximum atomic E-state index is 11.3. The molecule has 1 aliphatic carbocycles. The molecule has 12 heavy (non-hydrogen) atoms. The van der Waals surface area contributed by atoms with Crippen molar-refractivity contribution in [2.45, 2.75) is 5.92 Å². The maximum absolute atomic E-state index is 11.3. The number of carbonyl (C=O) groups is 1. The van der Waals surface area contributed by atoms with Crippen LogP contribution < -0.4 is 0 Å². The normalized spacial score (nSPS) is 21.7. The minimum absolute atomic E-state index is 0.0476. The molecule has 0 saturated heterocycles. The number of nitrogens with one attached hydrogen (secondary N) is 1. The molecule has 0 saturated carbocycles. The average molecular weight is 161 g/mol. The Bertz CT molecular complexity index is 337. The Kier molecular flexibility index (Phi) is 1.59. The lowest BCUT2D eigenvalue weighted by atomic mass is 9.97. The monoisotopic (exact) mass is 161 g/mol. The minimum atomic E-state index is -0.256. The third-order valence-corrected chi connectivity index (χ3v) is 1.73. The zero-order chi connectivity index (χ0) is 8.39. The van der Waals surface area contributed by atoms with Gasteiger partial charge in [0, 0.05) is 0 Å². The Labute approximate surface area is 69.0 Å². The first-order valence-electron chi connectivity index (χ1n) is 3.62. The van der Waals surface area contributed by atoms with E-state index in [0.717, 1.165) is 0 Å². The first-order chi connectivity index (χ1) is 5.88. The molecule has 0 radical (unpaired) electrons. The molecule has 0 aromatic carbocycles. The smallest absolute Gasteiger partial charge is 0.168 e. The van der Waals surface area contributed by atoms with Gasteiger partial charge in [0.1, 0.15) is 0 Å². The van der Waals surface area contributed by atoms with E-state index in [9.17, 15) is 4.79 Å². The first-order valence-corrected chi connectivity index (χ1v) is 3.62. The molecule has 2 rings (SSSR count). The Morgan fingerprint density at radius 2 is 2.33 bits per heavy atom. The van der Waals surface area contributed by atoms with Crippen LogP contribution in [-0.4, -0.2) is 21.2 Å². The molecule has 1 atom stereocenters. The van der Waals surface area contributed by atoms with Crippen LogP contribution in [0.2, 0.25) is 0 Å². The molecule has 0 aliphatic heterocycles. The summed E-state index contributed by atoms with van der Waals surface area (Å²) in [5.41, 5.74) is 0.667. The van der Waals surface area contributed by atoms with Crippen LogP contribution in [0.25, 0.3) is 0 Å². The second-order valence-corrected chi connectivity index (χ2v) is 2.52. The van der Waals surface area contributed by atoms with Crippen LogP contribution >= 0.6 is 0 Å². The van der Waals surface area contributed by atoms with Crippen molar-refractivity contribution in [3.63, 3.8) is 0 Å². The SMILES string of the molecule is O=C1C=CC=CC1c1cn[nH]n1. The van der Waals surface area contributed by atoms with Gasteiger partial charge in [-0.05, 0) is 6.08 Å².